The van der Waals surface area contributed by atoms with Crippen LogP contribution in [0.4, 0.5) is 0 Å². The molecule has 1 aromatic heterocycles. The minimum Gasteiger partial charge on any atom is -0.350 e. The van der Waals surface area contributed by atoms with Gasteiger partial charge in [0.15, 0.2) is 0 Å². The number of benzene rings is 1. The van der Waals surface area contributed by atoms with Crippen molar-refractivity contribution in [3.8, 4) is 0 Å². The van der Waals surface area contributed by atoms with Crippen molar-refractivity contribution in [1.82, 2.24) is 15.5 Å². The fraction of sp³-hybridized carbons (Fsp3) is 0.308. The standard InChI is InChI=1S/C13H14ClN3OS/c1-9(10-5-3-2-4-6-10)7-8-15-11(18)12-16-17-13(14)19-12/h2-6,9H,7-8H2,1H3,(H,15,18). The molecule has 100 valence electrons. The summed E-state index contributed by atoms with van der Waals surface area (Å²) in [6.45, 7) is 2.75. The number of nitrogens with zero attached hydrogens (tertiary/aromatic N) is 2. The summed E-state index contributed by atoms with van der Waals surface area (Å²) in [6.07, 6.45) is 0.877. The lowest BCUT2D eigenvalue weighted by Gasteiger charge is -2.11. The Balaban J connectivity index is 1.79. The lowest BCUT2D eigenvalue weighted by molar-refractivity contribution is 0.0951. The van der Waals surface area contributed by atoms with Gasteiger partial charge in [0.25, 0.3) is 5.91 Å². The molecular formula is C13H14ClN3OS. The van der Waals surface area contributed by atoms with Crippen LogP contribution in [0.1, 0.15) is 34.6 Å². The zero-order valence-electron chi connectivity index (χ0n) is 10.5. The summed E-state index contributed by atoms with van der Waals surface area (Å²) < 4.78 is 0.280. The van der Waals surface area contributed by atoms with E-state index in [9.17, 15) is 4.79 Å². The van der Waals surface area contributed by atoms with Gasteiger partial charge >= 0.3 is 0 Å². The van der Waals surface area contributed by atoms with E-state index in [1.807, 2.05) is 18.2 Å². The minimum atomic E-state index is -0.218. The van der Waals surface area contributed by atoms with E-state index in [2.05, 4.69) is 34.6 Å². The molecule has 1 atom stereocenters. The zero-order valence-corrected chi connectivity index (χ0v) is 12.0. The molecule has 4 nitrogen and oxygen atoms in total. The molecule has 1 N–H and O–H groups in total. The van der Waals surface area contributed by atoms with Crippen LogP contribution in [0.15, 0.2) is 30.3 Å². The molecule has 0 aliphatic heterocycles. The summed E-state index contributed by atoms with van der Waals surface area (Å²) in [5, 5.41) is 10.4. The molecule has 0 spiro atoms. The van der Waals surface area contributed by atoms with Gasteiger partial charge in [-0.15, -0.1) is 10.2 Å². The van der Waals surface area contributed by atoms with Gasteiger partial charge in [-0.2, -0.15) is 0 Å². The van der Waals surface area contributed by atoms with Crippen molar-refractivity contribution in [3.05, 3.63) is 45.4 Å². The van der Waals surface area contributed by atoms with E-state index in [-0.39, 0.29) is 10.4 Å². The van der Waals surface area contributed by atoms with Gasteiger partial charge in [0.05, 0.1) is 0 Å². The van der Waals surface area contributed by atoms with Crippen molar-refractivity contribution in [2.45, 2.75) is 19.3 Å². The van der Waals surface area contributed by atoms with E-state index >= 15 is 0 Å². The Kier molecular flexibility index (Phi) is 4.87. The van der Waals surface area contributed by atoms with Crippen molar-refractivity contribution >= 4 is 28.8 Å². The molecule has 0 aliphatic rings. The molecular weight excluding hydrogens is 282 g/mol. The maximum Gasteiger partial charge on any atom is 0.282 e. The molecule has 0 saturated heterocycles. The summed E-state index contributed by atoms with van der Waals surface area (Å²) in [7, 11) is 0. The number of rotatable bonds is 5. The van der Waals surface area contributed by atoms with Crippen molar-refractivity contribution in [1.29, 1.82) is 0 Å². The summed E-state index contributed by atoms with van der Waals surface area (Å²) >= 11 is 6.72. The third-order valence-electron chi connectivity index (χ3n) is 2.83. The van der Waals surface area contributed by atoms with E-state index < -0.39 is 0 Å². The van der Waals surface area contributed by atoms with Gasteiger partial charge in [-0.1, -0.05) is 48.6 Å². The topological polar surface area (TPSA) is 54.9 Å². The SMILES string of the molecule is CC(CCNC(=O)c1nnc(Cl)s1)c1ccccc1. The minimum absolute atomic E-state index is 0.218. The summed E-state index contributed by atoms with van der Waals surface area (Å²) in [4.78, 5) is 11.7. The number of amides is 1. The second kappa shape index (κ2) is 6.63. The van der Waals surface area contributed by atoms with Gasteiger partial charge < -0.3 is 5.32 Å². The number of hydrogen-bond acceptors (Lipinski definition) is 4. The maximum atomic E-state index is 11.7. The lowest BCUT2D eigenvalue weighted by atomic mass is 9.98. The molecule has 0 fully saturated rings. The molecule has 6 heteroatoms. The Labute approximate surface area is 120 Å². The molecule has 0 saturated carbocycles. The van der Waals surface area contributed by atoms with Crippen LogP contribution in [0.25, 0.3) is 0 Å². The highest BCUT2D eigenvalue weighted by Crippen LogP contribution is 2.18. The van der Waals surface area contributed by atoms with Gasteiger partial charge in [0.1, 0.15) is 0 Å². The zero-order chi connectivity index (χ0) is 13.7. The summed E-state index contributed by atoms with van der Waals surface area (Å²) in [5.74, 6) is 0.184. The molecule has 19 heavy (non-hydrogen) atoms. The van der Waals surface area contributed by atoms with Gasteiger partial charge in [-0.05, 0) is 29.5 Å². The predicted molar refractivity (Wildman–Crippen MR) is 76.7 cm³/mol. The van der Waals surface area contributed by atoms with Gasteiger partial charge in [-0.3, -0.25) is 4.79 Å². The average molecular weight is 296 g/mol. The number of nitrogens with one attached hydrogen (secondary N) is 1. The van der Waals surface area contributed by atoms with E-state index in [0.29, 0.717) is 17.5 Å². The van der Waals surface area contributed by atoms with Crippen molar-refractivity contribution in [2.75, 3.05) is 6.54 Å². The lowest BCUT2D eigenvalue weighted by Crippen LogP contribution is -2.25. The number of halogens is 1. The van der Waals surface area contributed by atoms with Crippen LogP contribution in [0, 0.1) is 0 Å². The molecule has 2 aromatic rings. The summed E-state index contributed by atoms with van der Waals surface area (Å²) in [5.41, 5.74) is 1.27. The fourth-order valence-corrected chi connectivity index (χ4v) is 2.47. The highest BCUT2D eigenvalue weighted by molar-refractivity contribution is 7.17. The number of aromatic nitrogens is 2. The van der Waals surface area contributed by atoms with E-state index in [1.54, 1.807) is 0 Å². The number of carbonyl (C=O) groups excluding carboxylic acids is 1. The Morgan fingerprint density at radius 1 is 1.37 bits per heavy atom. The quantitative estimate of drug-likeness (QED) is 0.922. The van der Waals surface area contributed by atoms with Crippen LogP contribution >= 0.6 is 22.9 Å². The summed E-state index contributed by atoms with van der Waals surface area (Å²) in [6, 6.07) is 10.2. The third-order valence-corrected chi connectivity index (χ3v) is 3.84. The Morgan fingerprint density at radius 3 is 2.74 bits per heavy atom. The maximum absolute atomic E-state index is 11.7. The number of hydrogen-bond donors (Lipinski definition) is 1. The first-order chi connectivity index (χ1) is 9.16. The monoisotopic (exact) mass is 295 g/mol. The Morgan fingerprint density at radius 2 is 2.11 bits per heavy atom. The fourth-order valence-electron chi connectivity index (χ4n) is 1.72. The Bertz CT molecular complexity index is 544. The molecule has 2 rings (SSSR count). The normalized spacial score (nSPS) is 12.1. The molecule has 1 heterocycles. The van der Waals surface area contributed by atoms with Crippen LogP contribution in [0.3, 0.4) is 0 Å². The first-order valence-corrected chi connectivity index (χ1v) is 7.18. The van der Waals surface area contributed by atoms with E-state index in [4.69, 9.17) is 11.6 Å². The second-order valence-corrected chi connectivity index (χ2v) is 5.78. The Hall–Kier alpha value is -1.46. The first-order valence-electron chi connectivity index (χ1n) is 5.99. The van der Waals surface area contributed by atoms with Gasteiger partial charge in [-0.25, -0.2) is 0 Å². The van der Waals surface area contributed by atoms with E-state index in [1.165, 1.54) is 5.56 Å². The van der Waals surface area contributed by atoms with Gasteiger partial charge in [0, 0.05) is 6.54 Å². The second-order valence-electron chi connectivity index (χ2n) is 4.22. The average Bonchev–Trinajstić information content (AvgIpc) is 2.86. The van der Waals surface area contributed by atoms with Crippen LogP contribution < -0.4 is 5.32 Å². The highest BCUT2D eigenvalue weighted by atomic mass is 35.5. The number of carbonyl (C=O) groups is 1. The van der Waals surface area contributed by atoms with E-state index in [0.717, 1.165) is 17.8 Å². The van der Waals surface area contributed by atoms with Crippen LogP contribution in [-0.4, -0.2) is 22.6 Å². The third kappa shape index (κ3) is 4.01. The molecule has 0 radical (unpaired) electrons. The van der Waals surface area contributed by atoms with Crippen molar-refractivity contribution in [3.63, 3.8) is 0 Å². The van der Waals surface area contributed by atoms with Crippen LogP contribution in [0.2, 0.25) is 4.47 Å². The van der Waals surface area contributed by atoms with Gasteiger partial charge in [0.2, 0.25) is 9.47 Å². The van der Waals surface area contributed by atoms with Crippen molar-refractivity contribution in [2.24, 2.45) is 0 Å². The molecule has 1 unspecified atom stereocenters. The van der Waals surface area contributed by atoms with Crippen LogP contribution in [0.5, 0.6) is 0 Å². The molecule has 1 amide bonds. The predicted octanol–water partition coefficient (Wildman–Crippen LogP) is 3.12. The van der Waals surface area contributed by atoms with Crippen molar-refractivity contribution < 1.29 is 4.79 Å². The first kappa shape index (κ1) is 14.0. The molecule has 0 aliphatic carbocycles. The van der Waals surface area contributed by atoms with Crippen LogP contribution in [-0.2, 0) is 0 Å². The smallest absolute Gasteiger partial charge is 0.282 e. The molecule has 1 aromatic carbocycles. The highest BCUT2D eigenvalue weighted by Gasteiger charge is 2.12. The largest absolute Gasteiger partial charge is 0.350 e. The molecule has 0 bridgehead atoms.